The Morgan fingerprint density at radius 3 is 2.68 bits per heavy atom. The Hall–Kier alpha value is -2.15. The molecule has 0 unspecified atom stereocenters. The van der Waals surface area contributed by atoms with Crippen molar-refractivity contribution >= 4 is 44.2 Å². The average molecular weight is 361 g/mol. The summed E-state index contributed by atoms with van der Waals surface area (Å²) in [6, 6.07) is 3.65. The van der Waals surface area contributed by atoms with Crippen LogP contribution in [0.4, 0.5) is 10.8 Å². The van der Waals surface area contributed by atoms with Crippen molar-refractivity contribution in [3.05, 3.63) is 12.1 Å². The van der Waals surface area contributed by atoms with Crippen molar-refractivity contribution in [2.45, 2.75) is 45.4 Å². The Bertz CT molecular complexity index is 781. The molecule has 0 aliphatic heterocycles. The minimum absolute atomic E-state index is 0.0416. The number of hydrogen-bond acceptors (Lipinski definition) is 5. The molecular weight excluding hydrogens is 338 g/mol. The van der Waals surface area contributed by atoms with Crippen molar-refractivity contribution in [2.75, 3.05) is 17.7 Å². The highest BCUT2D eigenvalue weighted by atomic mass is 32.1. The van der Waals surface area contributed by atoms with Crippen LogP contribution in [-0.4, -0.2) is 23.9 Å². The molecule has 134 valence electrons. The van der Waals surface area contributed by atoms with Crippen LogP contribution in [0.1, 0.15) is 45.4 Å². The van der Waals surface area contributed by atoms with Crippen molar-refractivity contribution in [2.24, 2.45) is 5.92 Å². The van der Waals surface area contributed by atoms with Gasteiger partial charge in [0.2, 0.25) is 11.8 Å². The summed E-state index contributed by atoms with van der Waals surface area (Å²) < 4.78 is 6.26. The number of ether oxygens (including phenoxy) is 1. The molecule has 0 saturated heterocycles. The van der Waals surface area contributed by atoms with Crippen molar-refractivity contribution in [3.8, 4) is 5.75 Å². The Morgan fingerprint density at radius 2 is 2.00 bits per heavy atom. The molecule has 25 heavy (non-hydrogen) atoms. The molecular formula is C18H23N3O3S. The van der Waals surface area contributed by atoms with Gasteiger partial charge in [0.15, 0.2) is 5.13 Å². The molecule has 2 amide bonds. The summed E-state index contributed by atoms with van der Waals surface area (Å²) in [5.74, 6) is 0.950. The zero-order valence-electron chi connectivity index (χ0n) is 14.6. The van der Waals surface area contributed by atoms with Gasteiger partial charge in [-0.1, -0.05) is 30.6 Å². The van der Waals surface area contributed by atoms with E-state index >= 15 is 0 Å². The van der Waals surface area contributed by atoms with E-state index in [4.69, 9.17) is 4.74 Å². The number of anilines is 2. The summed E-state index contributed by atoms with van der Waals surface area (Å²) in [7, 11) is 1.57. The van der Waals surface area contributed by atoms with E-state index in [2.05, 4.69) is 15.6 Å². The van der Waals surface area contributed by atoms with E-state index in [1.165, 1.54) is 37.5 Å². The number of fused-ring (bicyclic) bond motifs is 1. The molecule has 7 heteroatoms. The predicted molar refractivity (Wildman–Crippen MR) is 100 cm³/mol. The summed E-state index contributed by atoms with van der Waals surface area (Å²) in [6.07, 6.45) is 6.60. The maximum Gasteiger partial charge on any atom is 0.224 e. The van der Waals surface area contributed by atoms with Crippen molar-refractivity contribution in [1.82, 2.24) is 4.98 Å². The highest BCUT2D eigenvalue weighted by molar-refractivity contribution is 7.22. The van der Waals surface area contributed by atoms with E-state index in [9.17, 15) is 9.59 Å². The molecule has 0 radical (unpaired) electrons. The van der Waals surface area contributed by atoms with Crippen molar-refractivity contribution < 1.29 is 14.3 Å². The maximum absolute atomic E-state index is 12.3. The second kappa shape index (κ2) is 7.82. The maximum atomic E-state index is 12.3. The Labute approximate surface area is 151 Å². The number of nitrogens with zero attached hydrogens (tertiary/aromatic N) is 1. The second-order valence-electron chi connectivity index (χ2n) is 6.48. The van der Waals surface area contributed by atoms with Gasteiger partial charge < -0.3 is 15.4 Å². The molecule has 1 fully saturated rings. The SMILES string of the molecule is COc1cc(NC(=O)CC2CCCCC2)cc2sc(NC(C)=O)nc12. The standard InChI is InChI=1S/C18H23N3O3S/c1-11(22)19-18-21-17-14(24-2)9-13(10-15(17)25-18)20-16(23)8-12-6-4-3-5-7-12/h9-10,12H,3-8H2,1-2H3,(H,20,23)(H,19,21,22). The van der Waals surface area contributed by atoms with E-state index in [1.807, 2.05) is 6.07 Å². The van der Waals surface area contributed by atoms with Crippen LogP contribution >= 0.6 is 11.3 Å². The lowest BCUT2D eigenvalue weighted by molar-refractivity contribution is -0.117. The molecule has 1 aliphatic carbocycles. The number of amides is 2. The summed E-state index contributed by atoms with van der Waals surface area (Å²) in [6.45, 7) is 1.44. The third-order valence-corrected chi connectivity index (χ3v) is 5.36. The normalized spacial score (nSPS) is 15.1. The number of carbonyl (C=O) groups is 2. The first-order valence-corrected chi connectivity index (χ1v) is 9.43. The van der Waals surface area contributed by atoms with Gasteiger partial charge in [-0.15, -0.1) is 0 Å². The minimum atomic E-state index is -0.168. The Kier molecular flexibility index (Phi) is 5.53. The van der Waals surface area contributed by atoms with Gasteiger partial charge in [0.25, 0.3) is 0 Å². The van der Waals surface area contributed by atoms with E-state index < -0.39 is 0 Å². The van der Waals surface area contributed by atoms with Crippen LogP contribution in [0.25, 0.3) is 10.2 Å². The number of thiazole rings is 1. The Balaban J connectivity index is 1.76. The summed E-state index contributed by atoms with van der Waals surface area (Å²) >= 11 is 1.36. The fraction of sp³-hybridized carbons (Fsp3) is 0.500. The number of nitrogens with one attached hydrogen (secondary N) is 2. The topological polar surface area (TPSA) is 80.3 Å². The molecule has 6 nitrogen and oxygen atoms in total. The highest BCUT2D eigenvalue weighted by Gasteiger charge is 2.18. The van der Waals surface area contributed by atoms with Crippen LogP contribution in [0.5, 0.6) is 5.75 Å². The van der Waals surface area contributed by atoms with Gasteiger partial charge >= 0.3 is 0 Å². The number of benzene rings is 1. The molecule has 0 atom stereocenters. The molecule has 2 aromatic rings. The largest absolute Gasteiger partial charge is 0.494 e. The van der Waals surface area contributed by atoms with Crippen LogP contribution < -0.4 is 15.4 Å². The van der Waals surface area contributed by atoms with Crippen LogP contribution in [-0.2, 0) is 9.59 Å². The zero-order chi connectivity index (χ0) is 17.8. The molecule has 0 spiro atoms. The van der Waals surface area contributed by atoms with E-state index in [-0.39, 0.29) is 11.8 Å². The van der Waals surface area contributed by atoms with E-state index in [0.29, 0.717) is 34.4 Å². The summed E-state index contributed by atoms with van der Waals surface area (Å²) in [5.41, 5.74) is 1.38. The number of carbonyl (C=O) groups excluding carboxylic acids is 2. The molecule has 1 aliphatic rings. The van der Waals surface area contributed by atoms with Crippen LogP contribution in [0.15, 0.2) is 12.1 Å². The summed E-state index contributed by atoms with van der Waals surface area (Å²) in [5, 5.41) is 6.18. The van der Waals surface area contributed by atoms with Crippen LogP contribution in [0.3, 0.4) is 0 Å². The molecule has 1 aromatic heterocycles. The number of aromatic nitrogens is 1. The Morgan fingerprint density at radius 1 is 1.24 bits per heavy atom. The average Bonchev–Trinajstić information content (AvgIpc) is 2.96. The highest BCUT2D eigenvalue weighted by Crippen LogP contribution is 2.35. The number of hydrogen-bond donors (Lipinski definition) is 2. The fourth-order valence-corrected chi connectivity index (χ4v) is 4.26. The van der Waals surface area contributed by atoms with Gasteiger partial charge in [-0.2, -0.15) is 0 Å². The first-order valence-electron chi connectivity index (χ1n) is 8.61. The monoisotopic (exact) mass is 361 g/mol. The second-order valence-corrected chi connectivity index (χ2v) is 7.51. The lowest BCUT2D eigenvalue weighted by Gasteiger charge is -2.20. The first-order chi connectivity index (χ1) is 12.0. The van der Waals surface area contributed by atoms with Crippen molar-refractivity contribution in [3.63, 3.8) is 0 Å². The lowest BCUT2D eigenvalue weighted by atomic mass is 9.87. The smallest absolute Gasteiger partial charge is 0.224 e. The van der Waals surface area contributed by atoms with Gasteiger partial charge in [0, 0.05) is 25.1 Å². The molecule has 1 aromatic carbocycles. The van der Waals surface area contributed by atoms with Gasteiger partial charge in [-0.3, -0.25) is 9.59 Å². The zero-order valence-corrected chi connectivity index (χ0v) is 15.4. The van der Waals surface area contributed by atoms with Gasteiger partial charge in [0.05, 0.1) is 11.8 Å². The predicted octanol–water partition coefficient (Wildman–Crippen LogP) is 4.17. The fourth-order valence-electron chi connectivity index (χ4n) is 3.30. The summed E-state index contributed by atoms with van der Waals surface area (Å²) in [4.78, 5) is 27.9. The molecule has 2 N–H and O–H groups in total. The third-order valence-electron chi connectivity index (χ3n) is 4.45. The number of rotatable bonds is 5. The van der Waals surface area contributed by atoms with Crippen LogP contribution in [0.2, 0.25) is 0 Å². The number of methoxy groups -OCH3 is 1. The lowest BCUT2D eigenvalue weighted by Crippen LogP contribution is -2.18. The van der Waals surface area contributed by atoms with Gasteiger partial charge in [0.1, 0.15) is 11.3 Å². The van der Waals surface area contributed by atoms with Crippen molar-refractivity contribution in [1.29, 1.82) is 0 Å². The quantitative estimate of drug-likeness (QED) is 0.837. The first kappa shape index (κ1) is 17.7. The minimum Gasteiger partial charge on any atom is -0.494 e. The molecule has 1 heterocycles. The van der Waals surface area contributed by atoms with Gasteiger partial charge in [-0.05, 0) is 24.8 Å². The molecule has 0 bridgehead atoms. The van der Waals surface area contributed by atoms with Gasteiger partial charge in [-0.25, -0.2) is 4.98 Å². The molecule has 1 saturated carbocycles. The molecule has 3 rings (SSSR count). The van der Waals surface area contributed by atoms with Crippen LogP contribution in [0, 0.1) is 5.92 Å². The van der Waals surface area contributed by atoms with E-state index in [1.54, 1.807) is 13.2 Å². The third kappa shape index (κ3) is 4.48. The van der Waals surface area contributed by atoms with E-state index in [0.717, 1.165) is 17.5 Å².